The highest BCUT2D eigenvalue weighted by atomic mass is 19.3. The Morgan fingerprint density at radius 2 is 2.06 bits per heavy atom. The van der Waals surface area contributed by atoms with E-state index in [1.807, 2.05) is 0 Å². The molecule has 88 valence electrons. The lowest BCUT2D eigenvalue weighted by Crippen LogP contribution is -2.33. The van der Waals surface area contributed by atoms with Gasteiger partial charge in [-0.2, -0.15) is 0 Å². The summed E-state index contributed by atoms with van der Waals surface area (Å²) in [5.41, 5.74) is 5.78. The van der Waals surface area contributed by atoms with Gasteiger partial charge in [0.25, 0.3) is 6.43 Å². The van der Waals surface area contributed by atoms with Crippen molar-refractivity contribution >= 4 is 5.97 Å². The van der Waals surface area contributed by atoms with Gasteiger partial charge >= 0.3 is 5.97 Å². The standard InChI is InChI=1S/C11H13F2NO2/c1-16-11(15)9(14)6-7-4-2-3-5-8(7)10(12)13/h2-5,9-10H,6,14H2,1H3/t9-/m0/s1. The molecule has 5 heteroatoms. The monoisotopic (exact) mass is 229 g/mol. The Bertz CT molecular complexity index is 369. The summed E-state index contributed by atoms with van der Waals surface area (Å²) in [5.74, 6) is -0.607. The third-order valence-corrected chi connectivity index (χ3v) is 2.23. The van der Waals surface area contributed by atoms with Gasteiger partial charge in [-0.3, -0.25) is 4.79 Å². The Morgan fingerprint density at radius 3 is 2.62 bits per heavy atom. The number of hydrogen-bond acceptors (Lipinski definition) is 3. The molecule has 1 atom stereocenters. The average Bonchev–Trinajstić information content (AvgIpc) is 2.28. The number of carbonyl (C=O) groups excluding carboxylic acids is 1. The van der Waals surface area contributed by atoms with Crippen molar-refractivity contribution in [2.75, 3.05) is 7.11 Å². The summed E-state index contributed by atoms with van der Waals surface area (Å²) in [4.78, 5) is 11.1. The molecule has 0 aliphatic heterocycles. The number of nitrogens with two attached hydrogens (primary N) is 1. The number of rotatable bonds is 4. The van der Waals surface area contributed by atoms with Gasteiger partial charge in [0.1, 0.15) is 6.04 Å². The van der Waals surface area contributed by atoms with E-state index < -0.39 is 18.4 Å². The van der Waals surface area contributed by atoms with E-state index >= 15 is 0 Å². The molecule has 1 aromatic carbocycles. The molecule has 0 bridgehead atoms. The van der Waals surface area contributed by atoms with Crippen LogP contribution in [0.2, 0.25) is 0 Å². The Balaban J connectivity index is 2.84. The first-order valence-corrected chi connectivity index (χ1v) is 4.75. The quantitative estimate of drug-likeness (QED) is 0.799. The first-order chi connectivity index (χ1) is 7.56. The molecule has 1 rings (SSSR count). The normalized spacial score (nSPS) is 12.6. The van der Waals surface area contributed by atoms with E-state index in [4.69, 9.17) is 5.73 Å². The number of alkyl halides is 2. The van der Waals surface area contributed by atoms with Gasteiger partial charge in [-0.15, -0.1) is 0 Å². The zero-order valence-electron chi connectivity index (χ0n) is 8.82. The molecule has 2 N–H and O–H groups in total. The van der Waals surface area contributed by atoms with Crippen molar-refractivity contribution in [2.45, 2.75) is 18.9 Å². The summed E-state index contributed by atoms with van der Waals surface area (Å²) in [6.45, 7) is 0. The van der Waals surface area contributed by atoms with E-state index in [-0.39, 0.29) is 12.0 Å². The van der Waals surface area contributed by atoms with Crippen molar-refractivity contribution in [3.63, 3.8) is 0 Å². The van der Waals surface area contributed by atoms with Gasteiger partial charge < -0.3 is 10.5 Å². The number of ether oxygens (including phenoxy) is 1. The summed E-state index contributed by atoms with van der Waals surface area (Å²) < 4.78 is 29.6. The SMILES string of the molecule is COC(=O)[C@@H](N)Cc1ccccc1C(F)F. The molecular formula is C11H13F2NO2. The maximum atomic E-state index is 12.6. The number of benzene rings is 1. The first kappa shape index (κ1) is 12.6. The van der Waals surface area contributed by atoms with Crippen LogP contribution < -0.4 is 5.73 Å². The average molecular weight is 229 g/mol. The van der Waals surface area contributed by atoms with Crippen LogP contribution in [0.3, 0.4) is 0 Å². The van der Waals surface area contributed by atoms with Crippen LogP contribution in [-0.4, -0.2) is 19.1 Å². The fraction of sp³-hybridized carbons (Fsp3) is 0.364. The maximum absolute atomic E-state index is 12.6. The van der Waals surface area contributed by atoms with Crippen LogP contribution in [0.25, 0.3) is 0 Å². The highest BCUT2D eigenvalue weighted by Crippen LogP contribution is 2.23. The third kappa shape index (κ3) is 3.00. The number of halogens is 2. The van der Waals surface area contributed by atoms with Gasteiger partial charge in [0.15, 0.2) is 0 Å². The highest BCUT2D eigenvalue weighted by molar-refractivity contribution is 5.75. The van der Waals surface area contributed by atoms with Crippen molar-refractivity contribution in [1.82, 2.24) is 0 Å². The van der Waals surface area contributed by atoms with Crippen molar-refractivity contribution < 1.29 is 18.3 Å². The third-order valence-electron chi connectivity index (χ3n) is 2.23. The van der Waals surface area contributed by atoms with E-state index in [2.05, 4.69) is 4.74 Å². The minimum absolute atomic E-state index is 0.0488. The van der Waals surface area contributed by atoms with Crippen LogP contribution in [0, 0.1) is 0 Å². The minimum atomic E-state index is -2.57. The van der Waals surface area contributed by atoms with Crippen LogP contribution in [0.1, 0.15) is 17.6 Å². The van der Waals surface area contributed by atoms with Gasteiger partial charge in [0.05, 0.1) is 7.11 Å². The molecule has 0 fully saturated rings. The molecule has 1 aromatic rings. The highest BCUT2D eigenvalue weighted by Gasteiger charge is 2.18. The number of hydrogen-bond donors (Lipinski definition) is 1. The predicted molar refractivity (Wildman–Crippen MR) is 55.1 cm³/mol. The zero-order chi connectivity index (χ0) is 12.1. The molecular weight excluding hydrogens is 216 g/mol. The Morgan fingerprint density at radius 1 is 1.44 bits per heavy atom. The maximum Gasteiger partial charge on any atom is 0.322 e. The molecule has 0 aliphatic carbocycles. The largest absolute Gasteiger partial charge is 0.468 e. The molecule has 0 aromatic heterocycles. The molecule has 0 saturated carbocycles. The van der Waals surface area contributed by atoms with E-state index in [0.717, 1.165) is 0 Å². The van der Waals surface area contributed by atoms with Crippen molar-refractivity contribution in [1.29, 1.82) is 0 Å². The van der Waals surface area contributed by atoms with E-state index in [0.29, 0.717) is 5.56 Å². The number of methoxy groups -OCH3 is 1. The van der Waals surface area contributed by atoms with Gasteiger partial charge in [-0.1, -0.05) is 24.3 Å². The second-order valence-corrected chi connectivity index (χ2v) is 3.33. The number of esters is 1. The smallest absolute Gasteiger partial charge is 0.322 e. The van der Waals surface area contributed by atoms with E-state index in [1.165, 1.54) is 25.3 Å². The lowest BCUT2D eigenvalue weighted by atomic mass is 10.0. The molecule has 16 heavy (non-hydrogen) atoms. The summed E-state index contributed by atoms with van der Waals surface area (Å²) in [7, 11) is 1.21. The fourth-order valence-corrected chi connectivity index (χ4v) is 1.40. The van der Waals surface area contributed by atoms with Gasteiger partial charge in [0.2, 0.25) is 0 Å². The van der Waals surface area contributed by atoms with Gasteiger partial charge in [-0.05, 0) is 12.0 Å². The molecule has 0 amide bonds. The molecule has 0 aliphatic rings. The summed E-state index contributed by atoms with van der Waals surface area (Å²) in [5, 5.41) is 0. The fourth-order valence-electron chi connectivity index (χ4n) is 1.40. The Hall–Kier alpha value is -1.49. The number of carbonyl (C=O) groups is 1. The predicted octanol–water partition coefficient (Wildman–Crippen LogP) is 1.67. The minimum Gasteiger partial charge on any atom is -0.468 e. The van der Waals surface area contributed by atoms with Crippen LogP contribution in [0.15, 0.2) is 24.3 Å². The van der Waals surface area contributed by atoms with Gasteiger partial charge in [0, 0.05) is 5.56 Å². The Kier molecular flexibility index (Phi) is 4.37. The second kappa shape index (κ2) is 5.55. The molecule has 0 saturated heterocycles. The van der Waals surface area contributed by atoms with Crippen molar-refractivity contribution in [3.05, 3.63) is 35.4 Å². The first-order valence-electron chi connectivity index (χ1n) is 4.75. The summed E-state index contributed by atoms with van der Waals surface area (Å²) in [6.07, 6.45) is -2.52. The van der Waals surface area contributed by atoms with Crippen LogP contribution in [0.4, 0.5) is 8.78 Å². The van der Waals surface area contributed by atoms with Crippen LogP contribution in [-0.2, 0) is 16.0 Å². The Labute approximate surface area is 92.2 Å². The molecule has 0 unspecified atom stereocenters. The molecule has 0 heterocycles. The lowest BCUT2D eigenvalue weighted by molar-refractivity contribution is -0.142. The second-order valence-electron chi connectivity index (χ2n) is 3.33. The van der Waals surface area contributed by atoms with Crippen LogP contribution in [0.5, 0.6) is 0 Å². The molecule has 3 nitrogen and oxygen atoms in total. The zero-order valence-corrected chi connectivity index (χ0v) is 8.82. The topological polar surface area (TPSA) is 52.3 Å². The molecule has 0 radical (unpaired) electrons. The molecule has 0 spiro atoms. The van der Waals surface area contributed by atoms with Crippen molar-refractivity contribution in [3.8, 4) is 0 Å². The van der Waals surface area contributed by atoms with E-state index in [1.54, 1.807) is 6.07 Å². The van der Waals surface area contributed by atoms with Gasteiger partial charge in [-0.25, -0.2) is 8.78 Å². The van der Waals surface area contributed by atoms with Crippen molar-refractivity contribution in [2.24, 2.45) is 5.73 Å². The lowest BCUT2D eigenvalue weighted by Gasteiger charge is -2.12. The summed E-state index contributed by atoms with van der Waals surface area (Å²) >= 11 is 0. The van der Waals surface area contributed by atoms with Crippen LogP contribution >= 0.6 is 0 Å². The van der Waals surface area contributed by atoms with E-state index in [9.17, 15) is 13.6 Å². The summed E-state index contributed by atoms with van der Waals surface area (Å²) in [6, 6.07) is 5.10.